The van der Waals surface area contributed by atoms with Gasteiger partial charge in [-0.3, -0.25) is 19.4 Å². The first-order valence-electron chi connectivity index (χ1n) is 20.9. The Labute approximate surface area is 340 Å². The van der Waals surface area contributed by atoms with Gasteiger partial charge >= 0.3 is 11.9 Å². The van der Waals surface area contributed by atoms with Gasteiger partial charge < -0.3 is 34.3 Å². The van der Waals surface area contributed by atoms with Crippen LogP contribution in [0.5, 0.6) is 5.75 Å². The molecular weight excluding hydrogens is 737 g/mol. The number of para-hydroxylation sites is 1. The number of ketones is 1. The highest BCUT2D eigenvalue weighted by Crippen LogP contribution is 2.68. The molecule has 12 heteroatoms. The normalized spacial score (nSPS) is 30.0. The van der Waals surface area contributed by atoms with Crippen molar-refractivity contribution in [3.63, 3.8) is 0 Å². The fourth-order valence-electron chi connectivity index (χ4n) is 12.4. The van der Waals surface area contributed by atoms with Gasteiger partial charge in [0.05, 0.1) is 25.7 Å². The molecule has 0 unspecified atom stereocenters. The standard InChI is InChI=1S/C46H58N4O8/c1-8-29-15-13-20-49(25-29)26-31-30-16-11-12-17-34(30)47-38(31)44(10-3,37(53)27-51)33-23-32-35(24-36(33)56-6)48(5)40-45(32)19-22-50-21-14-18-43(9-2,39(45)50)41(58-28(4)52)46(40,55)42(54)57-7/h11-12,14-18,23-24,39-41,47,51,55H,8-10,13,19-22,25-27H2,1-7H3/t39-,40+,41+,43-,44+,45+,46-/m0/s1. The van der Waals surface area contributed by atoms with Crippen LogP contribution in [0.3, 0.4) is 0 Å². The van der Waals surface area contributed by atoms with Crippen LogP contribution >= 0.6 is 0 Å². The smallest absolute Gasteiger partial charge is 0.344 e. The van der Waals surface area contributed by atoms with Crippen molar-refractivity contribution in [3.05, 3.63) is 82.6 Å². The van der Waals surface area contributed by atoms with E-state index in [1.807, 2.05) is 62.2 Å². The number of aliphatic hydroxyl groups excluding tert-OH is 1. The molecule has 8 rings (SSSR count). The van der Waals surface area contributed by atoms with Crippen LogP contribution in [0.25, 0.3) is 10.9 Å². The maximum atomic E-state index is 14.9. The summed E-state index contributed by atoms with van der Waals surface area (Å²) in [5.74, 6) is -1.40. The Morgan fingerprint density at radius 2 is 1.84 bits per heavy atom. The summed E-state index contributed by atoms with van der Waals surface area (Å²) < 4.78 is 17.8. The number of esters is 2. The fraction of sp³-hybridized carbons (Fsp3) is 0.543. The predicted octanol–water partition coefficient (Wildman–Crippen LogP) is 4.92. The first-order chi connectivity index (χ1) is 27.9. The monoisotopic (exact) mass is 794 g/mol. The van der Waals surface area contributed by atoms with Gasteiger partial charge in [0.1, 0.15) is 12.4 Å². The maximum absolute atomic E-state index is 14.9. The summed E-state index contributed by atoms with van der Waals surface area (Å²) in [5, 5.41) is 25.2. The molecule has 2 fully saturated rings. The van der Waals surface area contributed by atoms with Crippen molar-refractivity contribution < 1.29 is 38.8 Å². The highest BCUT2D eigenvalue weighted by molar-refractivity contribution is 5.98. The van der Waals surface area contributed by atoms with Crippen molar-refractivity contribution in [2.45, 2.75) is 101 Å². The first kappa shape index (κ1) is 40.3. The fourth-order valence-corrected chi connectivity index (χ4v) is 12.4. The molecule has 1 saturated heterocycles. The number of nitrogens with one attached hydrogen (secondary N) is 1. The minimum Gasteiger partial charge on any atom is -0.496 e. The summed E-state index contributed by atoms with van der Waals surface area (Å²) in [6.07, 6.45) is 8.45. The van der Waals surface area contributed by atoms with Crippen LogP contribution in [0.4, 0.5) is 5.69 Å². The van der Waals surface area contributed by atoms with Crippen molar-refractivity contribution in [2.24, 2.45) is 5.41 Å². The Kier molecular flexibility index (Phi) is 10.2. The van der Waals surface area contributed by atoms with Gasteiger partial charge in [0.15, 0.2) is 11.9 Å². The number of methoxy groups -OCH3 is 2. The molecule has 5 heterocycles. The van der Waals surface area contributed by atoms with E-state index < -0.39 is 52.5 Å². The molecule has 58 heavy (non-hydrogen) atoms. The van der Waals surface area contributed by atoms with E-state index in [-0.39, 0.29) is 11.8 Å². The number of rotatable bonds is 12. The minimum atomic E-state index is -2.29. The van der Waals surface area contributed by atoms with Crippen molar-refractivity contribution in [1.82, 2.24) is 14.8 Å². The molecule has 1 spiro atoms. The quantitative estimate of drug-likeness (QED) is 0.170. The van der Waals surface area contributed by atoms with Gasteiger partial charge in [0.2, 0.25) is 5.60 Å². The number of H-pyrrole nitrogens is 1. The molecule has 3 aromatic rings. The summed E-state index contributed by atoms with van der Waals surface area (Å²) in [6, 6.07) is 10.9. The average molecular weight is 795 g/mol. The zero-order valence-corrected chi connectivity index (χ0v) is 34.9. The summed E-state index contributed by atoms with van der Waals surface area (Å²) in [4.78, 5) is 52.7. The Bertz CT molecular complexity index is 2210. The highest BCUT2D eigenvalue weighted by atomic mass is 16.6. The Morgan fingerprint density at radius 3 is 2.52 bits per heavy atom. The van der Waals surface area contributed by atoms with Gasteiger partial charge in [-0.05, 0) is 61.9 Å². The number of likely N-dealkylation sites (N-methyl/N-ethyl adjacent to an activating group) is 1. The largest absolute Gasteiger partial charge is 0.496 e. The summed E-state index contributed by atoms with van der Waals surface area (Å²) >= 11 is 0. The van der Waals surface area contributed by atoms with Gasteiger partial charge in [-0.2, -0.15) is 0 Å². The zero-order chi connectivity index (χ0) is 41.4. The number of hydrogen-bond acceptors (Lipinski definition) is 11. The number of benzene rings is 2. The van der Waals surface area contributed by atoms with E-state index in [2.05, 4.69) is 39.9 Å². The average Bonchev–Trinajstić information content (AvgIpc) is 3.89. The van der Waals surface area contributed by atoms with E-state index >= 15 is 0 Å². The van der Waals surface area contributed by atoms with Gasteiger partial charge in [-0.15, -0.1) is 0 Å². The molecule has 1 aromatic heterocycles. The number of aromatic amines is 1. The van der Waals surface area contributed by atoms with E-state index in [4.69, 9.17) is 14.2 Å². The van der Waals surface area contributed by atoms with Crippen molar-refractivity contribution >= 4 is 34.3 Å². The van der Waals surface area contributed by atoms with Crippen molar-refractivity contribution in [1.29, 1.82) is 0 Å². The lowest BCUT2D eigenvalue weighted by Crippen LogP contribution is -2.81. The van der Waals surface area contributed by atoms with Gasteiger partial charge in [0, 0.05) is 90.9 Å². The summed E-state index contributed by atoms with van der Waals surface area (Å²) in [6.45, 7) is 10.4. The molecule has 5 aliphatic rings. The van der Waals surface area contributed by atoms with Gasteiger partial charge in [0.25, 0.3) is 0 Å². The van der Waals surface area contributed by atoms with Crippen LogP contribution in [0.15, 0.2) is 60.2 Å². The number of carbonyl (C=O) groups excluding carboxylic acids is 3. The van der Waals surface area contributed by atoms with Crippen LogP contribution in [0.1, 0.15) is 82.2 Å². The third-order valence-corrected chi connectivity index (χ3v) is 14.7. The Hall–Kier alpha value is -4.49. The molecule has 7 atom stereocenters. The van der Waals surface area contributed by atoms with E-state index in [9.17, 15) is 24.6 Å². The van der Waals surface area contributed by atoms with E-state index in [0.717, 1.165) is 59.3 Å². The molecule has 4 aliphatic heterocycles. The third kappa shape index (κ3) is 5.30. The molecule has 310 valence electrons. The lowest BCUT2D eigenvalue weighted by molar-refractivity contribution is -0.228. The maximum Gasteiger partial charge on any atom is 0.344 e. The number of carbonyl (C=O) groups is 3. The number of hydrogen-bond donors (Lipinski definition) is 3. The first-order valence-corrected chi connectivity index (χ1v) is 20.9. The van der Waals surface area contributed by atoms with Crippen LogP contribution < -0.4 is 9.64 Å². The number of fused-ring (bicyclic) bond motifs is 2. The SMILES string of the molecule is CCC1=CCCN(Cc2c([C@@](CC)(C(=O)CO)c3cc4c(cc3OC)N(C)[C@H]3[C@@](O)(C(=O)OC)[C@H](OC(C)=O)[C@@]5(CC)C=CCN6CC[C@]43[C@@H]65)[nH]c3ccccc23)C1. The van der Waals surface area contributed by atoms with Gasteiger partial charge in [-0.25, -0.2) is 4.79 Å². The molecule has 1 saturated carbocycles. The number of nitrogens with zero attached hydrogens (tertiary/aromatic N) is 3. The minimum absolute atomic E-state index is 0.299. The van der Waals surface area contributed by atoms with Crippen LogP contribution in [0, 0.1) is 5.41 Å². The summed E-state index contributed by atoms with van der Waals surface area (Å²) in [5.41, 5.74) is 0.691. The number of anilines is 1. The molecule has 0 amide bonds. The van der Waals surface area contributed by atoms with Crippen molar-refractivity contribution in [2.75, 3.05) is 59.0 Å². The Balaban J connectivity index is 1.41. The Morgan fingerprint density at radius 1 is 1.07 bits per heavy atom. The molecule has 2 aromatic carbocycles. The van der Waals surface area contributed by atoms with Gasteiger partial charge in [-0.1, -0.05) is 62.8 Å². The second-order valence-electron chi connectivity index (χ2n) is 17.0. The molecule has 3 N–H and O–H groups in total. The topological polar surface area (TPSA) is 145 Å². The molecule has 0 bridgehead atoms. The van der Waals surface area contributed by atoms with Crippen molar-refractivity contribution in [3.8, 4) is 5.75 Å². The zero-order valence-electron chi connectivity index (χ0n) is 34.9. The lowest BCUT2D eigenvalue weighted by atomic mass is 9.47. The number of ether oxygens (including phenoxy) is 3. The second kappa shape index (κ2) is 14.7. The number of Topliss-reactive ketones (excluding diaryl/α,β-unsaturated/α-hetero) is 1. The second-order valence-corrected chi connectivity index (χ2v) is 17.0. The van der Waals surface area contributed by atoms with E-state index in [0.29, 0.717) is 50.2 Å². The number of aromatic nitrogens is 1. The van der Waals surface area contributed by atoms with E-state index in [1.54, 1.807) is 7.11 Å². The van der Waals surface area contributed by atoms with Crippen LogP contribution in [-0.4, -0.2) is 121 Å². The predicted molar refractivity (Wildman–Crippen MR) is 221 cm³/mol. The highest BCUT2D eigenvalue weighted by Gasteiger charge is 2.80. The molecule has 1 aliphatic carbocycles. The third-order valence-electron chi connectivity index (χ3n) is 14.7. The van der Waals surface area contributed by atoms with E-state index in [1.165, 1.54) is 19.6 Å². The molecule has 12 nitrogen and oxygen atoms in total. The number of aliphatic hydroxyl groups is 2. The summed E-state index contributed by atoms with van der Waals surface area (Å²) in [7, 11) is 4.69. The van der Waals surface area contributed by atoms with Crippen LogP contribution in [0.2, 0.25) is 0 Å². The molecule has 0 radical (unpaired) electrons. The lowest BCUT2D eigenvalue weighted by Gasteiger charge is -2.63. The molecular formula is C46H58N4O8. The van der Waals surface area contributed by atoms with Crippen LogP contribution in [-0.2, 0) is 41.2 Å².